The predicted molar refractivity (Wildman–Crippen MR) is 104 cm³/mol. The lowest BCUT2D eigenvalue weighted by atomic mass is 10.1. The standard InChI is InChI=1S/C21H21FN2S/c1-14-3-5-16(6-4-14)21-24(15(2)13-25-21)10-9-17-12-23-20-8-7-18(22)11-19(17)20/h3-8,11-13,21,23H,9-10H2,1-2H3. The summed E-state index contributed by atoms with van der Waals surface area (Å²) in [5.41, 5.74) is 6.07. The number of nitrogens with zero attached hydrogens (tertiary/aromatic N) is 1. The Morgan fingerprint density at radius 3 is 2.72 bits per heavy atom. The van der Waals surface area contributed by atoms with Gasteiger partial charge in [0.15, 0.2) is 0 Å². The highest BCUT2D eigenvalue weighted by molar-refractivity contribution is 8.02. The van der Waals surface area contributed by atoms with Crippen LogP contribution in [0.4, 0.5) is 4.39 Å². The zero-order valence-corrected chi connectivity index (χ0v) is 15.2. The molecule has 1 N–H and O–H groups in total. The first-order valence-electron chi connectivity index (χ1n) is 8.53. The van der Waals surface area contributed by atoms with Gasteiger partial charge in [0.05, 0.1) is 0 Å². The molecule has 1 unspecified atom stereocenters. The number of aromatic nitrogens is 1. The number of thioether (sulfide) groups is 1. The minimum absolute atomic E-state index is 0.182. The minimum Gasteiger partial charge on any atom is -0.361 e. The fourth-order valence-electron chi connectivity index (χ4n) is 3.37. The van der Waals surface area contributed by atoms with E-state index in [1.165, 1.54) is 28.5 Å². The molecule has 1 aliphatic rings. The number of aromatic amines is 1. The van der Waals surface area contributed by atoms with Crippen molar-refractivity contribution >= 4 is 22.7 Å². The van der Waals surface area contributed by atoms with Crippen molar-refractivity contribution in [2.75, 3.05) is 6.54 Å². The van der Waals surface area contributed by atoms with Gasteiger partial charge in [0.25, 0.3) is 0 Å². The summed E-state index contributed by atoms with van der Waals surface area (Å²) < 4.78 is 13.6. The van der Waals surface area contributed by atoms with Crippen LogP contribution in [-0.2, 0) is 6.42 Å². The highest BCUT2D eigenvalue weighted by Gasteiger charge is 2.25. The lowest BCUT2D eigenvalue weighted by Gasteiger charge is -2.28. The van der Waals surface area contributed by atoms with Crippen molar-refractivity contribution in [1.82, 2.24) is 9.88 Å². The van der Waals surface area contributed by atoms with E-state index in [9.17, 15) is 4.39 Å². The van der Waals surface area contributed by atoms with Crippen molar-refractivity contribution in [1.29, 1.82) is 0 Å². The van der Waals surface area contributed by atoms with Gasteiger partial charge < -0.3 is 9.88 Å². The summed E-state index contributed by atoms with van der Waals surface area (Å²) in [6.45, 7) is 5.19. The lowest BCUT2D eigenvalue weighted by Crippen LogP contribution is -2.24. The maximum Gasteiger partial charge on any atom is 0.123 e. The molecule has 1 atom stereocenters. The molecule has 128 valence electrons. The maximum absolute atomic E-state index is 13.6. The molecule has 2 heterocycles. The quantitative estimate of drug-likeness (QED) is 0.643. The molecule has 0 amide bonds. The fourth-order valence-corrected chi connectivity index (χ4v) is 4.56. The zero-order chi connectivity index (χ0) is 17.4. The molecule has 0 bridgehead atoms. The molecule has 4 heteroatoms. The Morgan fingerprint density at radius 2 is 1.92 bits per heavy atom. The van der Waals surface area contributed by atoms with Crippen LogP contribution in [0.1, 0.15) is 29.0 Å². The highest BCUT2D eigenvalue weighted by Crippen LogP contribution is 2.42. The SMILES string of the molecule is CC1=CSC(c2ccc(C)cc2)N1CCc1c[nH]c2ccc(F)cc12. The van der Waals surface area contributed by atoms with E-state index in [-0.39, 0.29) is 5.82 Å². The summed E-state index contributed by atoms with van der Waals surface area (Å²) in [6.07, 6.45) is 2.89. The Hall–Kier alpha value is -2.20. The second-order valence-electron chi connectivity index (χ2n) is 6.61. The van der Waals surface area contributed by atoms with Crippen molar-refractivity contribution in [3.05, 3.63) is 82.3 Å². The molecule has 2 nitrogen and oxygen atoms in total. The first-order valence-corrected chi connectivity index (χ1v) is 9.47. The van der Waals surface area contributed by atoms with Crippen LogP contribution in [0, 0.1) is 12.7 Å². The van der Waals surface area contributed by atoms with Crippen molar-refractivity contribution < 1.29 is 4.39 Å². The molecule has 4 rings (SSSR count). The van der Waals surface area contributed by atoms with E-state index in [1.807, 2.05) is 18.0 Å². The number of hydrogen-bond acceptors (Lipinski definition) is 2. The predicted octanol–water partition coefficient (Wildman–Crippen LogP) is 5.77. The van der Waals surface area contributed by atoms with E-state index in [0.29, 0.717) is 5.37 Å². The zero-order valence-electron chi connectivity index (χ0n) is 14.4. The van der Waals surface area contributed by atoms with Gasteiger partial charge in [-0.3, -0.25) is 0 Å². The van der Waals surface area contributed by atoms with Gasteiger partial charge in [-0.25, -0.2) is 4.39 Å². The van der Waals surface area contributed by atoms with Crippen LogP contribution in [-0.4, -0.2) is 16.4 Å². The third kappa shape index (κ3) is 3.19. The number of H-pyrrole nitrogens is 1. The normalized spacial score (nSPS) is 17.3. The second-order valence-corrected chi connectivity index (χ2v) is 7.56. The largest absolute Gasteiger partial charge is 0.361 e. The Morgan fingerprint density at radius 1 is 1.12 bits per heavy atom. The average molecular weight is 352 g/mol. The van der Waals surface area contributed by atoms with E-state index in [2.05, 4.69) is 53.4 Å². The number of aryl methyl sites for hydroxylation is 1. The van der Waals surface area contributed by atoms with Gasteiger partial charge in [0, 0.05) is 29.3 Å². The lowest BCUT2D eigenvalue weighted by molar-refractivity contribution is 0.342. The number of fused-ring (bicyclic) bond motifs is 1. The van der Waals surface area contributed by atoms with Gasteiger partial charge in [-0.1, -0.05) is 29.8 Å². The topological polar surface area (TPSA) is 19.0 Å². The fraction of sp³-hybridized carbons (Fsp3) is 0.238. The summed E-state index contributed by atoms with van der Waals surface area (Å²) in [7, 11) is 0. The van der Waals surface area contributed by atoms with Crippen molar-refractivity contribution in [3.63, 3.8) is 0 Å². The molecule has 3 aromatic rings. The summed E-state index contributed by atoms with van der Waals surface area (Å²) in [6, 6.07) is 13.7. The molecular formula is C21H21FN2S. The van der Waals surface area contributed by atoms with Crippen LogP contribution < -0.4 is 0 Å². The van der Waals surface area contributed by atoms with E-state index in [0.717, 1.165) is 23.9 Å². The van der Waals surface area contributed by atoms with Crippen LogP contribution in [0.15, 0.2) is 59.8 Å². The van der Waals surface area contributed by atoms with Crippen LogP contribution in [0.2, 0.25) is 0 Å². The van der Waals surface area contributed by atoms with Crippen molar-refractivity contribution in [2.24, 2.45) is 0 Å². The molecule has 25 heavy (non-hydrogen) atoms. The number of allylic oxidation sites excluding steroid dienone is 1. The monoisotopic (exact) mass is 352 g/mol. The Kier molecular flexibility index (Phi) is 4.30. The van der Waals surface area contributed by atoms with Crippen LogP contribution in [0.5, 0.6) is 0 Å². The average Bonchev–Trinajstić information content (AvgIpc) is 3.17. The van der Waals surface area contributed by atoms with Gasteiger partial charge >= 0.3 is 0 Å². The number of benzene rings is 2. The number of hydrogen-bond donors (Lipinski definition) is 1. The first-order chi connectivity index (χ1) is 12.1. The van der Waals surface area contributed by atoms with Gasteiger partial charge in [0.1, 0.15) is 11.2 Å². The van der Waals surface area contributed by atoms with Gasteiger partial charge in [-0.05, 0) is 55.0 Å². The van der Waals surface area contributed by atoms with E-state index in [4.69, 9.17) is 0 Å². The summed E-state index contributed by atoms with van der Waals surface area (Å²) >= 11 is 1.86. The third-order valence-corrected chi connectivity index (χ3v) is 6.08. The van der Waals surface area contributed by atoms with Gasteiger partial charge in [0.2, 0.25) is 0 Å². The van der Waals surface area contributed by atoms with Gasteiger partial charge in [-0.2, -0.15) is 0 Å². The molecule has 0 radical (unpaired) electrons. The molecule has 0 fully saturated rings. The number of rotatable bonds is 4. The summed E-state index contributed by atoms with van der Waals surface area (Å²) in [4.78, 5) is 5.68. The molecule has 1 aromatic heterocycles. The maximum atomic E-state index is 13.6. The molecular weight excluding hydrogens is 331 g/mol. The number of halogens is 1. The Labute approximate surface area is 151 Å². The number of nitrogens with one attached hydrogen (secondary N) is 1. The molecule has 0 spiro atoms. The Bertz CT molecular complexity index is 927. The van der Waals surface area contributed by atoms with Crippen LogP contribution in [0.3, 0.4) is 0 Å². The van der Waals surface area contributed by atoms with Crippen LogP contribution >= 0.6 is 11.8 Å². The first kappa shape index (κ1) is 16.3. The Balaban J connectivity index is 1.54. The summed E-state index contributed by atoms with van der Waals surface area (Å²) in [5.74, 6) is -0.182. The minimum atomic E-state index is -0.182. The third-order valence-electron chi connectivity index (χ3n) is 4.82. The molecule has 0 saturated carbocycles. The van der Waals surface area contributed by atoms with Crippen molar-refractivity contribution in [2.45, 2.75) is 25.6 Å². The molecule has 0 aliphatic carbocycles. The second kappa shape index (κ2) is 6.60. The van der Waals surface area contributed by atoms with Gasteiger partial charge in [-0.15, -0.1) is 11.8 Å². The molecule has 2 aromatic carbocycles. The smallest absolute Gasteiger partial charge is 0.123 e. The summed E-state index contributed by atoms with van der Waals surface area (Å²) in [5, 5.41) is 3.54. The van der Waals surface area contributed by atoms with E-state index in [1.54, 1.807) is 12.1 Å². The molecule has 1 aliphatic heterocycles. The van der Waals surface area contributed by atoms with Crippen LogP contribution in [0.25, 0.3) is 10.9 Å². The van der Waals surface area contributed by atoms with E-state index >= 15 is 0 Å². The van der Waals surface area contributed by atoms with E-state index < -0.39 is 0 Å². The molecule has 0 saturated heterocycles. The highest BCUT2D eigenvalue weighted by atomic mass is 32.2. The van der Waals surface area contributed by atoms with Crippen molar-refractivity contribution in [3.8, 4) is 0 Å².